The number of hydrogen-bond donors (Lipinski definition) is 6. The van der Waals surface area contributed by atoms with E-state index in [-0.39, 0.29) is 32.6 Å². The molecule has 274 valence electrons. The summed E-state index contributed by atoms with van der Waals surface area (Å²) in [5.41, 5.74) is -2.97. The number of benzene rings is 4. The first-order valence-corrected chi connectivity index (χ1v) is 18.3. The van der Waals surface area contributed by atoms with Crippen LogP contribution in [0.1, 0.15) is 22.8 Å². The lowest BCUT2D eigenvalue weighted by molar-refractivity contribution is -0.114. The molecule has 0 aliphatic rings. The standard InChI is InChI=1S/C31H25N7O12S3/c1-4-52(46,47)21-11-9-20(10-12-21)33-35-24-15-27(53(48,49)50)25(14-23(24)32-17(3)39)36-38-29-26(40)13-22(31(42)43)28(30(29)41)37-34-19-7-5-18(6-8-19)16(2)51(44)45/h4-15,40-41H,1-2H2,3H3,(H,32,39)(H,42,43)(H,44,45)(H,48,49,50). The van der Waals surface area contributed by atoms with Gasteiger partial charge in [-0.3, -0.25) is 9.35 Å². The molecule has 0 bridgehead atoms. The van der Waals surface area contributed by atoms with Gasteiger partial charge in [0.25, 0.3) is 10.1 Å². The topological polar surface area (TPSA) is 307 Å². The van der Waals surface area contributed by atoms with Gasteiger partial charge in [-0.1, -0.05) is 25.3 Å². The lowest BCUT2D eigenvalue weighted by Gasteiger charge is -2.11. The number of hydrogen-bond acceptors (Lipinski definition) is 15. The van der Waals surface area contributed by atoms with Gasteiger partial charge < -0.3 is 25.2 Å². The molecule has 0 saturated carbocycles. The number of phenols is 2. The number of anilines is 1. The smallest absolute Gasteiger partial charge is 0.338 e. The molecular weight excluding hydrogens is 759 g/mol. The fraction of sp³-hybridized carbons (Fsp3) is 0.0323. The third-order valence-corrected chi connectivity index (χ3v) is 9.61. The second-order valence-electron chi connectivity index (χ2n) is 10.3. The second-order valence-corrected chi connectivity index (χ2v) is 14.6. The Kier molecular flexibility index (Phi) is 11.8. The maximum absolute atomic E-state index is 12.4. The SMILES string of the molecule is C=CS(=O)(=O)c1ccc(N=Nc2cc(S(=O)(=O)O)c(N=Nc3c(O)cc(C(=O)O)c(N=Nc4ccc(C(=C)S(=O)O)cc4)c3O)cc2NC(C)=O)cc1. The van der Waals surface area contributed by atoms with Crippen LogP contribution < -0.4 is 5.32 Å². The minimum Gasteiger partial charge on any atom is -0.505 e. The highest BCUT2D eigenvalue weighted by Gasteiger charge is 2.24. The molecule has 4 aromatic carbocycles. The van der Waals surface area contributed by atoms with Crippen molar-refractivity contribution in [3.05, 3.63) is 96.4 Å². The minimum absolute atomic E-state index is 0.0873. The third-order valence-electron chi connectivity index (χ3n) is 6.70. The van der Waals surface area contributed by atoms with Crippen LogP contribution >= 0.6 is 0 Å². The van der Waals surface area contributed by atoms with E-state index >= 15 is 0 Å². The number of amides is 1. The molecule has 0 aromatic heterocycles. The number of rotatable bonds is 13. The Labute approximate surface area is 302 Å². The summed E-state index contributed by atoms with van der Waals surface area (Å²) in [6.07, 6.45) is 0. The number of azo groups is 3. The van der Waals surface area contributed by atoms with Crippen molar-refractivity contribution in [1.29, 1.82) is 0 Å². The fourth-order valence-corrected chi connectivity index (χ4v) is 5.82. The molecule has 1 amide bonds. The molecule has 4 aromatic rings. The van der Waals surface area contributed by atoms with Gasteiger partial charge >= 0.3 is 5.97 Å². The van der Waals surface area contributed by atoms with Crippen molar-refractivity contribution < 1.29 is 55.1 Å². The number of aromatic carboxylic acids is 1. The fourth-order valence-electron chi connectivity index (χ4n) is 4.15. The van der Waals surface area contributed by atoms with E-state index in [4.69, 9.17) is 0 Å². The zero-order valence-electron chi connectivity index (χ0n) is 26.8. The van der Waals surface area contributed by atoms with Crippen molar-refractivity contribution in [3.63, 3.8) is 0 Å². The molecule has 4 rings (SSSR count). The van der Waals surface area contributed by atoms with Gasteiger partial charge in [-0.05, 0) is 60.2 Å². The first-order chi connectivity index (χ1) is 24.8. The summed E-state index contributed by atoms with van der Waals surface area (Å²) in [5.74, 6) is -4.33. The summed E-state index contributed by atoms with van der Waals surface area (Å²) in [4.78, 5) is 22.8. The molecule has 53 heavy (non-hydrogen) atoms. The predicted octanol–water partition coefficient (Wildman–Crippen LogP) is 7.36. The third kappa shape index (κ3) is 9.52. The average Bonchev–Trinajstić information content (AvgIpc) is 3.09. The van der Waals surface area contributed by atoms with E-state index in [0.717, 1.165) is 24.5 Å². The lowest BCUT2D eigenvalue weighted by atomic mass is 10.1. The monoisotopic (exact) mass is 783 g/mol. The Bertz CT molecular complexity index is 2500. The number of carbonyl (C=O) groups is 2. The molecule has 19 nitrogen and oxygen atoms in total. The van der Waals surface area contributed by atoms with E-state index in [9.17, 15) is 55.1 Å². The van der Waals surface area contributed by atoms with Crippen LogP contribution in [0.5, 0.6) is 11.5 Å². The van der Waals surface area contributed by atoms with Gasteiger partial charge in [0, 0.05) is 12.3 Å². The largest absolute Gasteiger partial charge is 0.505 e. The molecule has 22 heteroatoms. The van der Waals surface area contributed by atoms with E-state index in [1.165, 1.54) is 48.5 Å². The minimum atomic E-state index is -5.13. The highest BCUT2D eigenvalue weighted by Crippen LogP contribution is 2.47. The van der Waals surface area contributed by atoms with Gasteiger partial charge in [0.15, 0.2) is 32.4 Å². The van der Waals surface area contributed by atoms with Crippen molar-refractivity contribution >= 4 is 87.6 Å². The molecule has 6 N–H and O–H groups in total. The maximum Gasteiger partial charge on any atom is 0.338 e. The van der Waals surface area contributed by atoms with Gasteiger partial charge in [0.1, 0.15) is 27.7 Å². The summed E-state index contributed by atoms with van der Waals surface area (Å²) in [6.45, 7) is 7.83. The van der Waals surface area contributed by atoms with E-state index in [1.54, 1.807) is 0 Å². The zero-order chi connectivity index (χ0) is 39.2. The zero-order valence-corrected chi connectivity index (χ0v) is 29.3. The van der Waals surface area contributed by atoms with E-state index in [2.05, 4.69) is 49.2 Å². The number of aromatic hydroxyl groups is 2. The summed E-state index contributed by atoms with van der Waals surface area (Å²) in [7, 11) is -8.87. The molecule has 0 saturated heterocycles. The normalized spacial score (nSPS) is 12.7. The van der Waals surface area contributed by atoms with Gasteiger partial charge in [0.05, 0.1) is 32.4 Å². The molecule has 0 radical (unpaired) electrons. The Hall–Kier alpha value is -6.33. The Morgan fingerprint density at radius 3 is 1.89 bits per heavy atom. The van der Waals surface area contributed by atoms with Crippen molar-refractivity contribution in [2.75, 3.05) is 5.32 Å². The number of sulfone groups is 1. The second kappa shape index (κ2) is 15.9. The molecule has 1 atom stereocenters. The number of carboxylic acids is 1. The Morgan fingerprint density at radius 2 is 1.36 bits per heavy atom. The number of carbonyl (C=O) groups excluding carboxylic acids is 1. The van der Waals surface area contributed by atoms with Crippen LogP contribution in [0, 0.1) is 0 Å². The van der Waals surface area contributed by atoms with Crippen LogP contribution in [0.25, 0.3) is 4.91 Å². The van der Waals surface area contributed by atoms with Crippen LogP contribution in [0.3, 0.4) is 0 Å². The van der Waals surface area contributed by atoms with Crippen LogP contribution in [-0.4, -0.2) is 57.3 Å². The van der Waals surface area contributed by atoms with E-state index in [0.29, 0.717) is 11.6 Å². The van der Waals surface area contributed by atoms with Crippen LogP contribution in [-0.2, 0) is 35.8 Å². The molecule has 1 unspecified atom stereocenters. The first kappa shape index (κ1) is 39.5. The van der Waals surface area contributed by atoms with E-state index in [1.807, 2.05) is 0 Å². The van der Waals surface area contributed by atoms with Crippen LogP contribution in [0.4, 0.5) is 39.8 Å². The predicted molar refractivity (Wildman–Crippen MR) is 190 cm³/mol. The maximum atomic E-state index is 12.4. The molecule has 0 fully saturated rings. The van der Waals surface area contributed by atoms with Crippen molar-refractivity contribution in [2.45, 2.75) is 16.7 Å². The van der Waals surface area contributed by atoms with Crippen molar-refractivity contribution in [3.8, 4) is 11.5 Å². The van der Waals surface area contributed by atoms with Crippen molar-refractivity contribution in [1.82, 2.24) is 0 Å². The highest BCUT2D eigenvalue weighted by atomic mass is 32.2. The number of nitrogens with zero attached hydrogens (tertiary/aromatic N) is 6. The number of phenolic OH excluding ortho intramolecular Hbond substituents is 2. The first-order valence-electron chi connectivity index (χ1n) is 14.2. The van der Waals surface area contributed by atoms with Crippen LogP contribution in [0.15, 0.2) is 126 Å². The molecular formula is C31H25N7O12S3. The Morgan fingerprint density at radius 1 is 0.811 bits per heavy atom. The van der Waals surface area contributed by atoms with Crippen LogP contribution in [0.2, 0.25) is 0 Å². The Balaban J connectivity index is 1.79. The van der Waals surface area contributed by atoms with Gasteiger partial charge in [0.2, 0.25) is 5.91 Å². The van der Waals surface area contributed by atoms with Gasteiger partial charge in [-0.2, -0.15) is 18.6 Å². The van der Waals surface area contributed by atoms with E-state index < -0.39 is 81.9 Å². The molecule has 0 spiro atoms. The van der Waals surface area contributed by atoms with Crippen molar-refractivity contribution in [2.24, 2.45) is 30.7 Å². The number of carboxylic acid groups (broad SMARTS) is 1. The average molecular weight is 784 g/mol. The van der Waals surface area contributed by atoms with Gasteiger partial charge in [-0.25, -0.2) is 17.4 Å². The summed E-state index contributed by atoms with van der Waals surface area (Å²) < 4.78 is 79.3. The highest BCUT2D eigenvalue weighted by molar-refractivity contribution is 7.94. The quantitative estimate of drug-likeness (QED) is 0.0440. The summed E-state index contributed by atoms with van der Waals surface area (Å²) in [5, 5.41) is 57.1. The molecule has 0 aliphatic heterocycles. The summed E-state index contributed by atoms with van der Waals surface area (Å²) >= 11 is -2.34. The summed E-state index contributed by atoms with van der Waals surface area (Å²) in [6, 6.07) is 12.8. The number of nitrogens with one attached hydrogen (secondary N) is 1. The van der Waals surface area contributed by atoms with Gasteiger partial charge in [-0.15, -0.1) is 20.5 Å². The molecule has 0 heterocycles. The molecule has 0 aliphatic carbocycles. The lowest BCUT2D eigenvalue weighted by Crippen LogP contribution is -2.07.